The van der Waals surface area contributed by atoms with E-state index in [9.17, 15) is 9.90 Å². The Bertz CT molecular complexity index is 484. The molecule has 4 heteroatoms. The van der Waals surface area contributed by atoms with Crippen LogP contribution in [0.25, 0.3) is 0 Å². The number of aliphatic carboxylic acids is 1. The van der Waals surface area contributed by atoms with Gasteiger partial charge in [-0.15, -0.1) is 0 Å². The highest BCUT2D eigenvalue weighted by molar-refractivity contribution is 5.78. The van der Waals surface area contributed by atoms with E-state index in [1.807, 2.05) is 6.07 Å². The first-order valence-electron chi connectivity index (χ1n) is 6.09. The molecule has 94 valence electrons. The standard InChI is InChI=1S/C14H15NO3/c15-10-11-6-2-3-7-12(11)18-14(13(16)17)8-4-1-5-9-14/h2-3,6-7H,1,4-5,8-9H2,(H,16,17). The van der Waals surface area contributed by atoms with Crippen molar-refractivity contribution in [3.05, 3.63) is 29.8 Å². The monoisotopic (exact) mass is 245 g/mol. The van der Waals surface area contributed by atoms with Crippen molar-refractivity contribution in [2.75, 3.05) is 0 Å². The van der Waals surface area contributed by atoms with Gasteiger partial charge in [0.05, 0.1) is 5.56 Å². The molecule has 0 atom stereocenters. The fraction of sp³-hybridized carbons (Fsp3) is 0.429. The van der Waals surface area contributed by atoms with E-state index in [4.69, 9.17) is 10.00 Å². The van der Waals surface area contributed by atoms with Gasteiger partial charge in [-0.05, 0) is 37.8 Å². The normalized spacial score (nSPS) is 17.7. The molecule has 1 aromatic carbocycles. The number of hydrogen-bond acceptors (Lipinski definition) is 3. The average Bonchev–Trinajstić information content (AvgIpc) is 2.40. The minimum absolute atomic E-state index is 0.365. The van der Waals surface area contributed by atoms with Gasteiger partial charge in [-0.1, -0.05) is 18.6 Å². The Morgan fingerprint density at radius 1 is 1.28 bits per heavy atom. The van der Waals surface area contributed by atoms with Crippen LogP contribution in [0.2, 0.25) is 0 Å². The van der Waals surface area contributed by atoms with Crippen LogP contribution in [0.4, 0.5) is 0 Å². The molecule has 0 radical (unpaired) electrons. The summed E-state index contributed by atoms with van der Waals surface area (Å²) in [5.74, 6) is -0.570. The van der Waals surface area contributed by atoms with E-state index in [0.717, 1.165) is 19.3 Å². The van der Waals surface area contributed by atoms with Crippen molar-refractivity contribution >= 4 is 5.97 Å². The molecule has 0 spiro atoms. The van der Waals surface area contributed by atoms with E-state index in [0.29, 0.717) is 24.2 Å². The highest BCUT2D eigenvalue weighted by Crippen LogP contribution is 2.34. The summed E-state index contributed by atoms with van der Waals surface area (Å²) in [6.45, 7) is 0. The Morgan fingerprint density at radius 3 is 2.56 bits per heavy atom. The maximum absolute atomic E-state index is 11.5. The van der Waals surface area contributed by atoms with Crippen LogP contribution in [0.3, 0.4) is 0 Å². The van der Waals surface area contributed by atoms with Gasteiger partial charge in [0.1, 0.15) is 11.8 Å². The molecule has 0 bridgehead atoms. The Kier molecular flexibility index (Phi) is 3.52. The second-order valence-corrected chi connectivity index (χ2v) is 4.57. The molecule has 0 heterocycles. The SMILES string of the molecule is N#Cc1ccccc1OC1(C(=O)O)CCCCC1. The summed E-state index contributed by atoms with van der Waals surface area (Å²) in [7, 11) is 0. The van der Waals surface area contributed by atoms with Crippen molar-refractivity contribution in [1.82, 2.24) is 0 Å². The first-order valence-corrected chi connectivity index (χ1v) is 6.09. The molecule has 2 rings (SSSR count). The molecule has 1 N–H and O–H groups in total. The minimum atomic E-state index is -1.16. The summed E-state index contributed by atoms with van der Waals surface area (Å²) in [6, 6.07) is 8.79. The summed E-state index contributed by atoms with van der Waals surface area (Å²) in [6.07, 6.45) is 3.74. The Labute approximate surface area is 106 Å². The van der Waals surface area contributed by atoms with Gasteiger partial charge in [-0.2, -0.15) is 5.26 Å². The third kappa shape index (κ3) is 2.30. The molecule has 0 amide bonds. The molecule has 0 aromatic heterocycles. The Morgan fingerprint density at radius 2 is 1.94 bits per heavy atom. The predicted molar refractivity (Wildman–Crippen MR) is 65.2 cm³/mol. The summed E-state index contributed by atoms with van der Waals surface area (Å²) >= 11 is 0. The topological polar surface area (TPSA) is 70.3 Å². The first kappa shape index (κ1) is 12.4. The van der Waals surface area contributed by atoms with Crippen LogP contribution in [-0.4, -0.2) is 16.7 Å². The molecule has 1 aromatic rings. The quantitative estimate of drug-likeness (QED) is 0.888. The maximum atomic E-state index is 11.5. The van der Waals surface area contributed by atoms with Crippen LogP contribution in [-0.2, 0) is 4.79 Å². The van der Waals surface area contributed by atoms with Gasteiger partial charge in [-0.3, -0.25) is 0 Å². The number of carboxylic acids is 1. The smallest absolute Gasteiger partial charge is 0.348 e. The van der Waals surface area contributed by atoms with Crippen LogP contribution in [0, 0.1) is 11.3 Å². The van der Waals surface area contributed by atoms with E-state index in [1.165, 1.54) is 0 Å². The number of ether oxygens (including phenoxy) is 1. The fourth-order valence-corrected chi connectivity index (χ4v) is 2.34. The van der Waals surface area contributed by atoms with Crippen molar-refractivity contribution in [2.24, 2.45) is 0 Å². The number of para-hydroxylation sites is 1. The van der Waals surface area contributed by atoms with Crippen molar-refractivity contribution in [1.29, 1.82) is 5.26 Å². The third-order valence-electron chi connectivity index (χ3n) is 3.36. The molecule has 0 saturated heterocycles. The van der Waals surface area contributed by atoms with Gasteiger partial charge in [0.15, 0.2) is 0 Å². The fourth-order valence-electron chi connectivity index (χ4n) is 2.34. The lowest BCUT2D eigenvalue weighted by molar-refractivity contribution is -0.158. The summed E-state index contributed by atoms with van der Waals surface area (Å²) in [5.41, 5.74) is -0.783. The van der Waals surface area contributed by atoms with E-state index in [1.54, 1.807) is 24.3 Å². The zero-order valence-corrected chi connectivity index (χ0v) is 10.1. The molecule has 1 saturated carbocycles. The van der Waals surface area contributed by atoms with Crippen LogP contribution in [0.1, 0.15) is 37.7 Å². The molecule has 0 aliphatic heterocycles. The summed E-state index contributed by atoms with van der Waals surface area (Å²) in [4.78, 5) is 11.5. The Balaban J connectivity index is 2.29. The molecular formula is C14H15NO3. The second kappa shape index (κ2) is 5.09. The number of hydrogen-bond donors (Lipinski definition) is 1. The molecule has 0 unspecified atom stereocenters. The number of carbonyl (C=O) groups is 1. The van der Waals surface area contributed by atoms with Gasteiger partial charge in [-0.25, -0.2) is 4.79 Å². The lowest BCUT2D eigenvalue weighted by atomic mass is 9.84. The van der Waals surface area contributed by atoms with Crippen molar-refractivity contribution in [3.8, 4) is 11.8 Å². The number of nitrogens with zero attached hydrogens (tertiary/aromatic N) is 1. The minimum Gasteiger partial charge on any atom is -0.478 e. The average molecular weight is 245 g/mol. The molecular weight excluding hydrogens is 230 g/mol. The van der Waals surface area contributed by atoms with Gasteiger partial charge < -0.3 is 9.84 Å². The number of benzene rings is 1. The van der Waals surface area contributed by atoms with Crippen molar-refractivity contribution in [2.45, 2.75) is 37.7 Å². The van der Waals surface area contributed by atoms with Crippen LogP contribution in [0.15, 0.2) is 24.3 Å². The van der Waals surface area contributed by atoms with Crippen molar-refractivity contribution < 1.29 is 14.6 Å². The van der Waals surface area contributed by atoms with E-state index >= 15 is 0 Å². The maximum Gasteiger partial charge on any atom is 0.348 e. The molecule has 1 aliphatic carbocycles. The largest absolute Gasteiger partial charge is 0.478 e. The van der Waals surface area contributed by atoms with Crippen LogP contribution in [0.5, 0.6) is 5.75 Å². The predicted octanol–water partition coefficient (Wildman–Crippen LogP) is 2.72. The second-order valence-electron chi connectivity index (χ2n) is 4.57. The summed E-state index contributed by atoms with van der Waals surface area (Å²) < 4.78 is 5.70. The van der Waals surface area contributed by atoms with Crippen LogP contribution < -0.4 is 4.74 Å². The van der Waals surface area contributed by atoms with E-state index < -0.39 is 11.6 Å². The lowest BCUT2D eigenvalue weighted by Crippen LogP contribution is -2.46. The van der Waals surface area contributed by atoms with E-state index in [2.05, 4.69) is 0 Å². The van der Waals surface area contributed by atoms with E-state index in [-0.39, 0.29) is 0 Å². The first-order chi connectivity index (χ1) is 8.68. The van der Waals surface area contributed by atoms with Gasteiger partial charge >= 0.3 is 5.97 Å². The number of carboxylic acid groups (broad SMARTS) is 1. The molecule has 1 aliphatic rings. The highest BCUT2D eigenvalue weighted by atomic mass is 16.5. The lowest BCUT2D eigenvalue weighted by Gasteiger charge is -2.33. The molecule has 4 nitrogen and oxygen atoms in total. The van der Waals surface area contributed by atoms with Gasteiger partial charge in [0.2, 0.25) is 5.60 Å². The summed E-state index contributed by atoms with van der Waals surface area (Å²) in [5, 5.41) is 18.4. The third-order valence-corrected chi connectivity index (χ3v) is 3.36. The number of rotatable bonds is 3. The van der Waals surface area contributed by atoms with Gasteiger partial charge in [0, 0.05) is 0 Å². The van der Waals surface area contributed by atoms with Crippen LogP contribution >= 0.6 is 0 Å². The van der Waals surface area contributed by atoms with Gasteiger partial charge in [0.25, 0.3) is 0 Å². The highest BCUT2D eigenvalue weighted by Gasteiger charge is 2.42. The Hall–Kier alpha value is -2.02. The van der Waals surface area contributed by atoms with Crippen molar-refractivity contribution in [3.63, 3.8) is 0 Å². The number of nitriles is 1. The molecule has 1 fully saturated rings. The zero-order valence-electron chi connectivity index (χ0n) is 10.1. The molecule has 18 heavy (non-hydrogen) atoms. The zero-order chi connectivity index (χ0) is 13.0.